The van der Waals surface area contributed by atoms with Gasteiger partial charge in [-0.05, 0) is 56.2 Å². The molecule has 146 valence electrons. The Balaban J connectivity index is 2.04. The van der Waals surface area contributed by atoms with Crippen molar-refractivity contribution in [3.05, 3.63) is 59.7 Å². The molecule has 0 fully saturated rings. The van der Waals surface area contributed by atoms with E-state index in [4.69, 9.17) is 0 Å². The molecule has 0 saturated carbocycles. The maximum absolute atomic E-state index is 12.6. The number of hydrogen-bond donors (Lipinski definition) is 1. The Labute approximate surface area is 166 Å². The Morgan fingerprint density at radius 2 is 1.70 bits per heavy atom. The predicted molar refractivity (Wildman–Crippen MR) is 113 cm³/mol. The number of benzene rings is 2. The van der Waals surface area contributed by atoms with E-state index in [1.807, 2.05) is 50.2 Å². The van der Waals surface area contributed by atoms with Crippen molar-refractivity contribution >= 4 is 33.4 Å². The molecule has 0 bridgehead atoms. The third-order valence-electron chi connectivity index (χ3n) is 3.96. The first-order valence-electron chi connectivity index (χ1n) is 8.72. The van der Waals surface area contributed by atoms with Gasteiger partial charge in [0, 0.05) is 17.2 Å². The maximum atomic E-state index is 12.6. The second kappa shape index (κ2) is 9.28. The molecule has 5 nitrogen and oxygen atoms in total. The minimum atomic E-state index is -3.60. The van der Waals surface area contributed by atoms with Gasteiger partial charge in [0.1, 0.15) is 6.04 Å². The SMILES string of the molecule is Cc1cc(C)cc(N([C@H](C)C(=O)NCCSc2ccccc2)S(C)(=O)=O)c1. The van der Waals surface area contributed by atoms with Gasteiger partial charge in [-0.15, -0.1) is 11.8 Å². The van der Waals surface area contributed by atoms with Crippen molar-refractivity contribution < 1.29 is 13.2 Å². The van der Waals surface area contributed by atoms with Crippen LogP contribution in [-0.2, 0) is 14.8 Å². The van der Waals surface area contributed by atoms with E-state index in [-0.39, 0.29) is 5.91 Å². The van der Waals surface area contributed by atoms with E-state index in [1.165, 1.54) is 4.31 Å². The summed E-state index contributed by atoms with van der Waals surface area (Å²) in [5.41, 5.74) is 2.41. The highest BCUT2D eigenvalue weighted by Crippen LogP contribution is 2.24. The first-order chi connectivity index (χ1) is 12.7. The summed E-state index contributed by atoms with van der Waals surface area (Å²) in [6.45, 7) is 5.89. The molecule has 0 unspecified atom stereocenters. The lowest BCUT2D eigenvalue weighted by molar-refractivity contribution is -0.121. The summed E-state index contributed by atoms with van der Waals surface area (Å²) in [4.78, 5) is 13.7. The van der Waals surface area contributed by atoms with Crippen LogP contribution in [0.1, 0.15) is 18.1 Å². The predicted octanol–water partition coefficient (Wildman–Crippen LogP) is 3.37. The van der Waals surface area contributed by atoms with Crippen molar-refractivity contribution in [1.29, 1.82) is 0 Å². The van der Waals surface area contributed by atoms with Gasteiger partial charge in [0.05, 0.1) is 11.9 Å². The third kappa shape index (κ3) is 6.29. The molecule has 0 radical (unpaired) electrons. The molecule has 7 heteroatoms. The average molecular weight is 407 g/mol. The molecule has 2 aromatic rings. The number of carbonyl (C=O) groups is 1. The molecule has 2 rings (SSSR count). The number of sulfonamides is 1. The number of rotatable bonds is 8. The van der Waals surface area contributed by atoms with Gasteiger partial charge in [0.2, 0.25) is 15.9 Å². The van der Waals surface area contributed by atoms with Crippen molar-refractivity contribution in [1.82, 2.24) is 5.32 Å². The molecular formula is C20H26N2O3S2. The number of nitrogens with one attached hydrogen (secondary N) is 1. The number of amides is 1. The number of carbonyl (C=O) groups excluding carboxylic acids is 1. The summed E-state index contributed by atoms with van der Waals surface area (Å²) in [6, 6.07) is 14.6. The molecule has 1 amide bonds. The Bertz CT molecular complexity index is 863. The number of anilines is 1. The van der Waals surface area contributed by atoms with Crippen LogP contribution >= 0.6 is 11.8 Å². The molecule has 1 N–H and O–H groups in total. The molecule has 0 heterocycles. The molecule has 27 heavy (non-hydrogen) atoms. The van der Waals surface area contributed by atoms with Crippen LogP contribution in [0.3, 0.4) is 0 Å². The Morgan fingerprint density at radius 3 is 2.26 bits per heavy atom. The van der Waals surface area contributed by atoms with Crippen LogP contribution in [0.2, 0.25) is 0 Å². The van der Waals surface area contributed by atoms with Gasteiger partial charge in [-0.2, -0.15) is 0 Å². The summed E-state index contributed by atoms with van der Waals surface area (Å²) in [5, 5.41) is 2.84. The lowest BCUT2D eigenvalue weighted by Gasteiger charge is -2.28. The fraction of sp³-hybridized carbons (Fsp3) is 0.350. The van der Waals surface area contributed by atoms with Gasteiger partial charge < -0.3 is 5.32 Å². The van der Waals surface area contributed by atoms with Crippen LogP contribution in [-0.4, -0.2) is 38.9 Å². The average Bonchev–Trinajstić information content (AvgIpc) is 2.57. The molecule has 2 aromatic carbocycles. The number of aryl methyl sites for hydroxylation is 2. The highest BCUT2D eigenvalue weighted by Gasteiger charge is 2.29. The van der Waals surface area contributed by atoms with E-state index in [9.17, 15) is 13.2 Å². The Morgan fingerprint density at radius 1 is 1.11 bits per heavy atom. The first kappa shape index (κ1) is 21.3. The fourth-order valence-corrected chi connectivity index (χ4v) is 4.84. The Kier molecular flexibility index (Phi) is 7.33. The summed E-state index contributed by atoms with van der Waals surface area (Å²) in [7, 11) is -3.60. The van der Waals surface area contributed by atoms with Gasteiger partial charge in [-0.3, -0.25) is 9.10 Å². The van der Waals surface area contributed by atoms with Crippen molar-refractivity contribution in [3.8, 4) is 0 Å². The fourth-order valence-electron chi connectivity index (χ4n) is 2.89. The highest BCUT2D eigenvalue weighted by molar-refractivity contribution is 7.99. The van der Waals surface area contributed by atoms with Crippen LogP contribution < -0.4 is 9.62 Å². The lowest BCUT2D eigenvalue weighted by Crippen LogP contribution is -2.48. The second-order valence-electron chi connectivity index (χ2n) is 6.53. The normalized spacial score (nSPS) is 12.4. The lowest BCUT2D eigenvalue weighted by atomic mass is 10.1. The number of hydrogen-bond acceptors (Lipinski definition) is 4. The van der Waals surface area contributed by atoms with Crippen LogP contribution in [0.25, 0.3) is 0 Å². The number of thioether (sulfide) groups is 1. The zero-order valence-electron chi connectivity index (χ0n) is 16.1. The molecule has 0 spiro atoms. The van der Waals surface area contributed by atoms with Gasteiger partial charge in [-0.1, -0.05) is 24.3 Å². The van der Waals surface area contributed by atoms with Crippen LogP contribution in [0.4, 0.5) is 5.69 Å². The van der Waals surface area contributed by atoms with Crippen molar-refractivity contribution in [2.45, 2.75) is 31.7 Å². The van der Waals surface area contributed by atoms with Gasteiger partial charge in [0.15, 0.2) is 0 Å². The van der Waals surface area contributed by atoms with E-state index in [1.54, 1.807) is 30.8 Å². The quantitative estimate of drug-likeness (QED) is 0.539. The smallest absolute Gasteiger partial charge is 0.243 e. The Hall–Kier alpha value is -1.99. The third-order valence-corrected chi connectivity index (χ3v) is 6.22. The van der Waals surface area contributed by atoms with E-state index < -0.39 is 16.1 Å². The first-order valence-corrected chi connectivity index (χ1v) is 11.5. The van der Waals surface area contributed by atoms with E-state index in [0.717, 1.165) is 22.3 Å². The van der Waals surface area contributed by atoms with Crippen LogP contribution in [0.15, 0.2) is 53.4 Å². The second-order valence-corrected chi connectivity index (χ2v) is 9.56. The van der Waals surface area contributed by atoms with Crippen molar-refractivity contribution in [3.63, 3.8) is 0 Å². The summed E-state index contributed by atoms with van der Waals surface area (Å²) in [5.74, 6) is 0.401. The number of nitrogens with zero attached hydrogens (tertiary/aromatic N) is 1. The van der Waals surface area contributed by atoms with E-state index in [2.05, 4.69) is 5.32 Å². The largest absolute Gasteiger partial charge is 0.353 e. The summed E-state index contributed by atoms with van der Waals surface area (Å²) in [6.07, 6.45) is 1.12. The molecule has 1 atom stereocenters. The van der Waals surface area contributed by atoms with E-state index in [0.29, 0.717) is 18.0 Å². The summed E-state index contributed by atoms with van der Waals surface area (Å²) >= 11 is 1.64. The molecular weight excluding hydrogens is 380 g/mol. The van der Waals surface area contributed by atoms with Gasteiger partial charge >= 0.3 is 0 Å². The van der Waals surface area contributed by atoms with Crippen LogP contribution in [0.5, 0.6) is 0 Å². The molecule has 0 aliphatic heterocycles. The zero-order valence-corrected chi connectivity index (χ0v) is 17.7. The monoisotopic (exact) mass is 406 g/mol. The molecule has 0 saturated heterocycles. The van der Waals surface area contributed by atoms with Gasteiger partial charge in [0.25, 0.3) is 0 Å². The molecule has 0 aromatic heterocycles. The molecule has 0 aliphatic carbocycles. The minimum absolute atomic E-state index is 0.312. The topological polar surface area (TPSA) is 66.5 Å². The van der Waals surface area contributed by atoms with Gasteiger partial charge in [-0.25, -0.2) is 8.42 Å². The maximum Gasteiger partial charge on any atom is 0.243 e. The summed E-state index contributed by atoms with van der Waals surface area (Å²) < 4.78 is 25.9. The van der Waals surface area contributed by atoms with Crippen molar-refractivity contribution in [2.24, 2.45) is 0 Å². The molecule has 0 aliphatic rings. The standard InChI is InChI=1S/C20H26N2O3S2/c1-15-12-16(2)14-18(13-15)22(27(4,24)25)17(3)20(23)21-10-11-26-19-8-6-5-7-9-19/h5-9,12-14,17H,10-11H2,1-4H3,(H,21,23)/t17-/m1/s1. The minimum Gasteiger partial charge on any atom is -0.353 e. The van der Waals surface area contributed by atoms with E-state index >= 15 is 0 Å². The van der Waals surface area contributed by atoms with Crippen molar-refractivity contribution in [2.75, 3.05) is 22.9 Å². The highest BCUT2D eigenvalue weighted by atomic mass is 32.2. The zero-order chi connectivity index (χ0) is 20.0. The van der Waals surface area contributed by atoms with Crippen LogP contribution in [0, 0.1) is 13.8 Å².